The van der Waals surface area contributed by atoms with Crippen molar-refractivity contribution in [3.63, 3.8) is 0 Å². The summed E-state index contributed by atoms with van der Waals surface area (Å²) >= 11 is 1.51. The standard InChI is InChI=1S/C21H23N3O2S/c1-4-15(2)26-20-17(11-8-12-19(20)25-3)13-22-24-21-23-18(14-27-21)16-9-6-5-7-10-16/h5-15H,4H2,1-3H3,(H,23,24). The van der Waals surface area contributed by atoms with Crippen molar-refractivity contribution < 1.29 is 9.47 Å². The summed E-state index contributed by atoms with van der Waals surface area (Å²) in [4.78, 5) is 4.57. The first kappa shape index (κ1) is 18.9. The van der Waals surface area contributed by atoms with Gasteiger partial charge in [-0.25, -0.2) is 4.98 Å². The Bertz CT molecular complexity index is 893. The second-order valence-corrected chi connectivity index (χ2v) is 6.85. The molecule has 5 nitrogen and oxygen atoms in total. The molecule has 1 heterocycles. The number of para-hydroxylation sites is 1. The first-order valence-electron chi connectivity index (χ1n) is 8.85. The van der Waals surface area contributed by atoms with Gasteiger partial charge in [0.2, 0.25) is 5.13 Å². The normalized spacial score (nSPS) is 12.1. The fourth-order valence-corrected chi connectivity index (χ4v) is 3.10. The van der Waals surface area contributed by atoms with Crippen LogP contribution in [0.15, 0.2) is 59.0 Å². The van der Waals surface area contributed by atoms with Gasteiger partial charge < -0.3 is 9.47 Å². The predicted molar refractivity (Wildman–Crippen MR) is 112 cm³/mol. The summed E-state index contributed by atoms with van der Waals surface area (Å²) in [5, 5.41) is 7.07. The van der Waals surface area contributed by atoms with Crippen LogP contribution in [0.2, 0.25) is 0 Å². The first-order chi connectivity index (χ1) is 13.2. The minimum absolute atomic E-state index is 0.0915. The topological polar surface area (TPSA) is 55.7 Å². The maximum atomic E-state index is 6.02. The molecule has 0 spiro atoms. The summed E-state index contributed by atoms with van der Waals surface area (Å²) in [7, 11) is 1.64. The molecule has 6 heteroatoms. The van der Waals surface area contributed by atoms with E-state index in [9.17, 15) is 0 Å². The number of nitrogens with one attached hydrogen (secondary N) is 1. The van der Waals surface area contributed by atoms with Gasteiger partial charge in [-0.2, -0.15) is 5.10 Å². The minimum atomic E-state index is 0.0915. The van der Waals surface area contributed by atoms with Gasteiger partial charge in [-0.1, -0.05) is 43.3 Å². The van der Waals surface area contributed by atoms with Crippen LogP contribution in [0.25, 0.3) is 11.3 Å². The van der Waals surface area contributed by atoms with Crippen molar-refractivity contribution in [3.05, 3.63) is 59.5 Å². The molecule has 1 atom stereocenters. The molecule has 27 heavy (non-hydrogen) atoms. The molecule has 1 N–H and O–H groups in total. The number of benzene rings is 2. The summed E-state index contributed by atoms with van der Waals surface area (Å²) < 4.78 is 11.5. The monoisotopic (exact) mass is 381 g/mol. The number of hydrazone groups is 1. The Morgan fingerprint density at radius 3 is 2.74 bits per heavy atom. The van der Waals surface area contributed by atoms with Crippen LogP contribution in [0.5, 0.6) is 11.5 Å². The molecular formula is C21H23N3O2S. The summed E-state index contributed by atoms with van der Waals surface area (Å²) in [5.41, 5.74) is 5.86. The van der Waals surface area contributed by atoms with Gasteiger partial charge in [0.15, 0.2) is 11.5 Å². The summed E-state index contributed by atoms with van der Waals surface area (Å²) in [6.07, 6.45) is 2.73. The summed E-state index contributed by atoms with van der Waals surface area (Å²) in [5.74, 6) is 1.39. The molecule has 3 aromatic rings. The molecule has 0 radical (unpaired) electrons. The molecule has 0 aliphatic rings. The van der Waals surface area contributed by atoms with E-state index in [0.29, 0.717) is 11.5 Å². The van der Waals surface area contributed by atoms with Crippen molar-refractivity contribution >= 4 is 22.7 Å². The van der Waals surface area contributed by atoms with Gasteiger partial charge in [0, 0.05) is 16.5 Å². The van der Waals surface area contributed by atoms with E-state index >= 15 is 0 Å². The van der Waals surface area contributed by atoms with E-state index in [1.807, 2.05) is 60.8 Å². The molecule has 1 aromatic heterocycles. The predicted octanol–water partition coefficient (Wildman–Crippen LogP) is 5.44. The molecule has 1 unspecified atom stereocenters. The smallest absolute Gasteiger partial charge is 0.203 e. The number of hydrogen-bond acceptors (Lipinski definition) is 6. The quantitative estimate of drug-likeness (QED) is 0.417. The van der Waals surface area contributed by atoms with Crippen molar-refractivity contribution in [2.24, 2.45) is 5.10 Å². The Kier molecular flexibility index (Phi) is 6.44. The SMILES string of the molecule is CCC(C)Oc1c(C=NNc2nc(-c3ccccc3)cs2)cccc1OC. The van der Waals surface area contributed by atoms with Gasteiger partial charge >= 0.3 is 0 Å². The molecule has 140 valence electrons. The van der Waals surface area contributed by atoms with Gasteiger partial charge in [0.1, 0.15) is 0 Å². The van der Waals surface area contributed by atoms with Gasteiger partial charge in [-0.15, -0.1) is 11.3 Å². The lowest BCUT2D eigenvalue weighted by molar-refractivity contribution is 0.207. The fraction of sp³-hybridized carbons (Fsp3) is 0.238. The second kappa shape index (κ2) is 9.19. The zero-order chi connectivity index (χ0) is 19.1. The van der Waals surface area contributed by atoms with E-state index in [1.165, 1.54) is 11.3 Å². The van der Waals surface area contributed by atoms with E-state index in [-0.39, 0.29) is 6.10 Å². The number of thiazole rings is 1. The Morgan fingerprint density at radius 2 is 2.00 bits per heavy atom. The van der Waals surface area contributed by atoms with Crippen LogP contribution in [0.3, 0.4) is 0 Å². The first-order valence-corrected chi connectivity index (χ1v) is 9.73. The Morgan fingerprint density at radius 1 is 1.19 bits per heavy atom. The van der Waals surface area contributed by atoms with Gasteiger partial charge in [0.05, 0.1) is 25.1 Å². The van der Waals surface area contributed by atoms with Crippen molar-refractivity contribution in [2.45, 2.75) is 26.4 Å². The highest BCUT2D eigenvalue weighted by Crippen LogP contribution is 2.31. The average Bonchev–Trinajstić information content (AvgIpc) is 3.18. The third-order valence-corrected chi connectivity index (χ3v) is 4.81. The zero-order valence-corrected chi connectivity index (χ0v) is 16.5. The molecule has 0 saturated carbocycles. The highest BCUT2D eigenvalue weighted by molar-refractivity contribution is 7.14. The van der Waals surface area contributed by atoms with Gasteiger partial charge in [-0.3, -0.25) is 5.43 Å². The third-order valence-electron chi connectivity index (χ3n) is 4.06. The Balaban J connectivity index is 1.74. The molecule has 3 rings (SSSR count). The van der Waals surface area contributed by atoms with Crippen LogP contribution >= 0.6 is 11.3 Å². The number of ether oxygens (including phenoxy) is 2. The van der Waals surface area contributed by atoms with Crippen LogP contribution in [0, 0.1) is 0 Å². The molecule has 2 aromatic carbocycles. The largest absolute Gasteiger partial charge is 0.493 e. The lowest BCUT2D eigenvalue weighted by Gasteiger charge is -2.17. The Hall–Kier alpha value is -2.86. The molecule has 0 fully saturated rings. The number of methoxy groups -OCH3 is 1. The fourth-order valence-electron chi connectivity index (χ4n) is 2.43. The number of anilines is 1. The van der Waals surface area contributed by atoms with Crippen LogP contribution < -0.4 is 14.9 Å². The zero-order valence-electron chi connectivity index (χ0n) is 15.7. The summed E-state index contributed by atoms with van der Waals surface area (Å²) in [6, 6.07) is 15.8. The maximum Gasteiger partial charge on any atom is 0.203 e. The maximum absolute atomic E-state index is 6.02. The third kappa shape index (κ3) is 4.86. The van der Waals surface area contributed by atoms with Crippen molar-refractivity contribution in [2.75, 3.05) is 12.5 Å². The molecule has 0 saturated heterocycles. The van der Waals surface area contributed by atoms with Crippen LogP contribution in [-0.2, 0) is 0 Å². The molecular weight excluding hydrogens is 358 g/mol. The van der Waals surface area contributed by atoms with Crippen molar-refractivity contribution in [3.8, 4) is 22.8 Å². The molecule has 0 bridgehead atoms. The number of hydrogen-bond donors (Lipinski definition) is 1. The van der Waals surface area contributed by atoms with Gasteiger partial charge in [0.25, 0.3) is 0 Å². The van der Waals surface area contributed by atoms with E-state index in [2.05, 4.69) is 22.4 Å². The average molecular weight is 382 g/mol. The molecule has 0 amide bonds. The number of aromatic nitrogens is 1. The molecule has 0 aliphatic carbocycles. The van der Waals surface area contributed by atoms with Crippen LogP contribution in [-0.4, -0.2) is 24.4 Å². The minimum Gasteiger partial charge on any atom is -0.493 e. The summed E-state index contributed by atoms with van der Waals surface area (Å²) in [6.45, 7) is 4.12. The number of rotatable bonds is 8. The van der Waals surface area contributed by atoms with E-state index < -0.39 is 0 Å². The number of nitrogens with zero attached hydrogens (tertiary/aromatic N) is 2. The lowest BCUT2D eigenvalue weighted by Crippen LogP contribution is -2.12. The van der Waals surface area contributed by atoms with Crippen molar-refractivity contribution in [1.29, 1.82) is 0 Å². The van der Waals surface area contributed by atoms with Crippen LogP contribution in [0.1, 0.15) is 25.8 Å². The lowest BCUT2D eigenvalue weighted by atomic mass is 10.2. The van der Waals surface area contributed by atoms with E-state index in [0.717, 1.165) is 28.4 Å². The Labute approximate surface area is 163 Å². The highest BCUT2D eigenvalue weighted by atomic mass is 32.1. The van der Waals surface area contributed by atoms with Crippen LogP contribution in [0.4, 0.5) is 5.13 Å². The second-order valence-electron chi connectivity index (χ2n) is 5.99. The van der Waals surface area contributed by atoms with Crippen molar-refractivity contribution in [1.82, 2.24) is 4.98 Å². The van der Waals surface area contributed by atoms with E-state index in [1.54, 1.807) is 13.3 Å². The molecule has 0 aliphatic heterocycles. The van der Waals surface area contributed by atoms with Gasteiger partial charge in [-0.05, 0) is 25.5 Å². The highest BCUT2D eigenvalue weighted by Gasteiger charge is 2.12. The van der Waals surface area contributed by atoms with E-state index in [4.69, 9.17) is 9.47 Å².